The molecule has 0 radical (unpaired) electrons. The highest BCUT2D eigenvalue weighted by Crippen LogP contribution is 2.30. The second-order valence-electron chi connectivity index (χ2n) is 7.33. The fourth-order valence-corrected chi connectivity index (χ4v) is 3.84. The van der Waals surface area contributed by atoms with Crippen molar-refractivity contribution in [1.29, 1.82) is 0 Å². The third kappa shape index (κ3) is 3.12. The number of nitrogen functional groups attached to an aromatic ring is 1. The first kappa shape index (κ1) is 18.1. The van der Waals surface area contributed by atoms with Gasteiger partial charge in [-0.25, -0.2) is 4.52 Å². The minimum Gasteiger partial charge on any atom is -0.366 e. The Morgan fingerprint density at radius 3 is 2.50 bits per heavy atom. The second-order valence-corrected chi connectivity index (χ2v) is 7.33. The van der Waals surface area contributed by atoms with Crippen molar-refractivity contribution in [3.63, 3.8) is 0 Å². The zero-order valence-corrected chi connectivity index (χ0v) is 16.8. The number of hydrogen-bond acceptors (Lipinski definition) is 5. The Balaban J connectivity index is 1.60. The first-order valence-corrected chi connectivity index (χ1v) is 9.86. The summed E-state index contributed by atoms with van der Waals surface area (Å²) in [6.45, 7) is 2.17. The minimum absolute atomic E-state index is 0.184. The number of hydrogen-bond donors (Lipinski definition) is 1. The number of anilines is 1. The average Bonchev–Trinajstić information content (AvgIpc) is 3.48. The van der Waals surface area contributed by atoms with Crippen LogP contribution in [0.15, 0.2) is 67.4 Å². The summed E-state index contributed by atoms with van der Waals surface area (Å²) in [6.07, 6.45) is 10.6. The van der Waals surface area contributed by atoms with Gasteiger partial charge in [-0.1, -0.05) is 37.3 Å². The maximum atomic E-state index is 5.88. The molecule has 4 heterocycles. The molecule has 1 atom stereocenters. The van der Waals surface area contributed by atoms with E-state index in [-0.39, 0.29) is 12.0 Å². The standard InChI is InChI=1S/C22H22N8/c1-3-20(15-7-5-4-6-8-15)29-14-17(10-25-29)16-9-19(18-11-24-28(2)12-18)21-26-22(23)27-30(21)13-16/h4-14,20H,3H2,1-2H3,(H2,23,27)/t20-/m0/s1. The molecule has 0 unspecified atom stereocenters. The van der Waals surface area contributed by atoms with Crippen LogP contribution >= 0.6 is 0 Å². The number of fused-ring (bicyclic) bond motifs is 1. The molecule has 4 aromatic heterocycles. The van der Waals surface area contributed by atoms with Crippen LogP contribution in [-0.4, -0.2) is 34.2 Å². The number of aromatic nitrogens is 7. The van der Waals surface area contributed by atoms with Crippen LogP contribution in [0.3, 0.4) is 0 Å². The molecule has 0 saturated carbocycles. The molecular formula is C22H22N8. The average molecular weight is 398 g/mol. The smallest absolute Gasteiger partial charge is 0.240 e. The van der Waals surface area contributed by atoms with Gasteiger partial charge in [0.1, 0.15) is 0 Å². The Morgan fingerprint density at radius 2 is 1.77 bits per heavy atom. The molecule has 30 heavy (non-hydrogen) atoms. The molecule has 0 saturated heterocycles. The summed E-state index contributed by atoms with van der Waals surface area (Å²) in [5.74, 6) is 0.239. The molecule has 150 valence electrons. The molecule has 8 heteroatoms. The van der Waals surface area contributed by atoms with Crippen molar-refractivity contribution < 1.29 is 0 Å². The molecule has 5 aromatic rings. The van der Waals surface area contributed by atoms with Crippen molar-refractivity contribution in [2.45, 2.75) is 19.4 Å². The van der Waals surface area contributed by atoms with E-state index in [0.29, 0.717) is 5.65 Å². The van der Waals surface area contributed by atoms with Gasteiger partial charge in [-0.05, 0) is 18.1 Å². The van der Waals surface area contributed by atoms with Gasteiger partial charge < -0.3 is 5.73 Å². The fourth-order valence-electron chi connectivity index (χ4n) is 3.84. The zero-order chi connectivity index (χ0) is 20.7. The van der Waals surface area contributed by atoms with Crippen LogP contribution in [0.4, 0.5) is 5.95 Å². The Hall–Kier alpha value is -3.94. The first-order valence-electron chi connectivity index (χ1n) is 9.86. The molecule has 0 bridgehead atoms. The van der Waals surface area contributed by atoms with E-state index in [1.165, 1.54) is 5.56 Å². The molecule has 0 aliphatic heterocycles. The predicted molar refractivity (Wildman–Crippen MR) is 116 cm³/mol. The van der Waals surface area contributed by atoms with E-state index >= 15 is 0 Å². The lowest BCUT2D eigenvalue weighted by atomic mass is 10.0. The number of aryl methyl sites for hydroxylation is 1. The normalized spacial score (nSPS) is 12.5. The highest BCUT2D eigenvalue weighted by Gasteiger charge is 2.16. The Labute approximate surface area is 173 Å². The van der Waals surface area contributed by atoms with Gasteiger partial charge in [0.15, 0.2) is 5.65 Å². The van der Waals surface area contributed by atoms with Gasteiger partial charge in [-0.3, -0.25) is 9.36 Å². The van der Waals surface area contributed by atoms with Crippen LogP contribution in [0.2, 0.25) is 0 Å². The SMILES string of the molecule is CC[C@@H](c1ccccc1)n1cc(-c2cc(-c3cnn(C)c3)c3nc(N)nn3c2)cn1. The van der Waals surface area contributed by atoms with E-state index in [1.807, 2.05) is 42.6 Å². The van der Waals surface area contributed by atoms with Crippen molar-refractivity contribution in [2.24, 2.45) is 7.05 Å². The predicted octanol–water partition coefficient (Wildman–Crippen LogP) is 3.57. The van der Waals surface area contributed by atoms with Gasteiger partial charge in [-0.15, -0.1) is 5.10 Å². The highest BCUT2D eigenvalue weighted by atomic mass is 15.3. The van der Waals surface area contributed by atoms with E-state index in [2.05, 4.69) is 63.7 Å². The third-order valence-electron chi connectivity index (χ3n) is 5.29. The third-order valence-corrected chi connectivity index (χ3v) is 5.29. The molecule has 8 nitrogen and oxygen atoms in total. The van der Waals surface area contributed by atoms with Crippen LogP contribution in [-0.2, 0) is 7.05 Å². The highest BCUT2D eigenvalue weighted by molar-refractivity contribution is 5.81. The van der Waals surface area contributed by atoms with Gasteiger partial charge in [0.05, 0.1) is 18.4 Å². The van der Waals surface area contributed by atoms with E-state index in [0.717, 1.165) is 28.7 Å². The van der Waals surface area contributed by atoms with Gasteiger partial charge in [0, 0.05) is 47.9 Å². The summed E-state index contributed by atoms with van der Waals surface area (Å²) in [7, 11) is 1.89. The topological polar surface area (TPSA) is 91.8 Å². The maximum Gasteiger partial charge on any atom is 0.240 e. The van der Waals surface area contributed by atoms with Gasteiger partial charge >= 0.3 is 0 Å². The van der Waals surface area contributed by atoms with Crippen molar-refractivity contribution in [2.75, 3.05) is 5.73 Å². The molecule has 0 spiro atoms. The largest absolute Gasteiger partial charge is 0.366 e. The first-order chi connectivity index (χ1) is 14.6. The molecule has 1 aromatic carbocycles. The number of nitrogens with two attached hydrogens (primary N) is 1. The van der Waals surface area contributed by atoms with Crippen molar-refractivity contribution in [3.05, 3.63) is 72.9 Å². The summed E-state index contributed by atoms with van der Waals surface area (Å²) < 4.78 is 5.51. The van der Waals surface area contributed by atoms with Crippen molar-refractivity contribution in [3.8, 4) is 22.3 Å². The van der Waals surface area contributed by atoms with Gasteiger partial charge in [0.25, 0.3) is 0 Å². The Morgan fingerprint density at radius 1 is 0.967 bits per heavy atom. The van der Waals surface area contributed by atoms with Crippen LogP contribution < -0.4 is 5.73 Å². The monoisotopic (exact) mass is 398 g/mol. The van der Waals surface area contributed by atoms with E-state index in [4.69, 9.17) is 5.73 Å². The van der Waals surface area contributed by atoms with Gasteiger partial charge in [0.2, 0.25) is 5.95 Å². The second kappa shape index (κ2) is 7.14. The van der Waals surface area contributed by atoms with E-state index < -0.39 is 0 Å². The molecule has 0 aliphatic rings. The fraction of sp³-hybridized carbons (Fsp3) is 0.182. The summed E-state index contributed by atoms with van der Waals surface area (Å²) in [6, 6.07) is 12.7. The number of benzene rings is 1. The minimum atomic E-state index is 0.184. The summed E-state index contributed by atoms with van der Waals surface area (Å²) >= 11 is 0. The molecule has 0 aliphatic carbocycles. The van der Waals surface area contributed by atoms with E-state index in [1.54, 1.807) is 9.20 Å². The molecule has 2 N–H and O–H groups in total. The lowest BCUT2D eigenvalue weighted by molar-refractivity contribution is 0.509. The summed E-state index contributed by atoms with van der Waals surface area (Å²) in [5, 5.41) is 13.3. The number of rotatable bonds is 5. The number of pyridine rings is 1. The quantitative estimate of drug-likeness (QED) is 0.489. The van der Waals surface area contributed by atoms with Crippen LogP contribution in [0.25, 0.3) is 27.9 Å². The van der Waals surface area contributed by atoms with Gasteiger partial charge in [-0.2, -0.15) is 15.2 Å². The zero-order valence-electron chi connectivity index (χ0n) is 16.8. The van der Waals surface area contributed by atoms with Crippen molar-refractivity contribution >= 4 is 11.6 Å². The van der Waals surface area contributed by atoms with E-state index in [9.17, 15) is 0 Å². The molecule has 0 amide bonds. The van der Waals surface area contributed by atoms with Crippen molar-refractivity contribution in [1.82, 2.24) is 34.2 Å². The number of nitrogens with zero attached hydrogens (tertiary/aromatic N) is 7. The molecular weight excluding hydrogens is 376 g/mol. The van der Waals surface area contributed by atoms with Crippen LogP contribution in [0, 0.1) is 0 Å². The molecule has 5 rings (SSSR count). The maximum absolute atomic E-state index is 5.88. The lowest BCUT2D eigenvalue weighted by Crippen LogP contribution is -2.09. The molecule has 0 fully saturated rings. The Bertz CT molecular complexity index is 1310. The summed E-state index contributed by atoms with van der Waals surface area (Å²) in [4.78, 5) is 4.39. The summed E-state index contributed by atoms with van der Waals surface area (Å²) in [5.41, 5.74) is 11.7. The Kier molecular flexibility index (Phi) is 4.31. The van der Waals surface area contributed by atoms with Crippen LogP contribution in [0.1, 0.15) is 24.9 Å². The lowest BCUT2D eigenvalue weighted by Gasteiger charge is -2.15. The van der Waals surface area contributed by atoms with Crippen LogP contribution in [0.5, 0.6) is 0 Å².